The Morgan fingerprint density at radius 2 is 1.28 bits per heavy atom. The number of amides is 2. The number of carbonyl (C=O) groups is 3. The van der Waals surface area contributed by atoms with E-state index in [9.17, 15) is 19.5 Å². The van der Waals surface area contributed by atoms with Crippen LogP contribution >= 0.6 is 0 Å². The molecule has 0 aromatic heterocycles. The molecule has 6 nitrogen and oxygen atoms in total. The number of benzene rings is 3. The molecule has 36 heavy (non-hydrogen) atoms. The van der Waals surface area contributed by atoms with Crippen molar-refractivity contribution in [1.82, 2.24) is 0 Å². The summed E-state index contributed by atoms with van der Waals surface area (Å²) in [6.07, 6.45) is 4.56. The Hall–Kier alpha value is -3.93. The minimum atomic E-state index is -0.926. The number of Topliss-reactive ketones (excluding diaryl/α,β-unsaturated/α-hetero) is 1. The number of urea groups is 1. The monoisotopic (exact) mass is 486 g/mol. The molecule has 2 amide bonds. The van der Waals surface area contributed by atoms with Gasteiger partial charge in [-0.25, -0.2) is 4.79 Å². The number of unbranched alkanes of at least 4 members (excludes halogenated alkanes) is 1. The molecule has 3 N–H and O–H groups in total. The molecule has 0 radical (unpaired) electrons. The van der Waals surface area contributed by atoms with Gasteiger partial charge in [-0.1, -0.05) is 75.2 Å². The van der Waals surface area contributed by atoms with Crippen LogP contribution in [0.4, 0.5) is 16.2 Å². The minimum Gasteiger partial charge on any atom is -0.481 e. The highest BCUT2D eigenvalue weighted by Gasteiger charge is 2.21. The summed E-state index contributed by atoms with van der Waals surface area (Å²) in [5.41, 5.74) is 5.04. The van der Waals surface area contributed by atoms with Gasteiger partial charge in [0.25, 0.3) is 0 Å². The Bertz CT molecular complexity index is 1150. The molecule has 0 heterocycles. The second-order valence-corrected chi connectivity index (χ2v) is 8.99. The molecule has 3 aromatic carbocycles. The van der Waals surface area contributed by atoms with Crippen LogP contribution in [0.1, 0.15) is 61.9 Å². The number of anilines is 2. The smallest absolute Gasteiger partial charge is 0.323 e. The summed E-state index contributed by atoms with van der Waals surface area (Å²) >= 11 is 0. The standard InChI is InChI=1S/C30H34N2O4/c1-3-5-7-21-8-16-26(17-9-21)31-30(36)32-27-18-14-23(15-19-27)22-10-12-24(13-11-22)28(33)20-25(6-4-2)29(34)35/h8-19,25H,3-7,20H2,1-2H3,(H,34,35)(H2,31,32,36). The average Bonchev–Trinajstić information content (AvgIpc) is 2.88. The minimum absolute atomic E-state index is 0.00789. The third kappa shape index (κ3) is 7.80. The van der Waals surface area contributed by atoms with Crippen LogP contribution in [0.25, 0.3) is 11.1 Å². The quantitative estimate of drug-likeness (QED) is 0.232. The molecule has 0 aliphatic heterocycles. The van der Waals surface area contributed by atoms with Crippen molar-refractivity contribution in [2.75, 3.05) is 10.6 Å². The maximum absolute atomic E-state index is 12.5. The zero-order valence-corrected chi connectivity index (χ0v) is 20.9. The van der Waals surface area contributed by atoms with Gasteiger partial charge in [-0.15, -0.1) is 0 Å². The van der Waals surface area contributed by atoms with Crippen LogP contribution in [0.5, 0.6) is 0 Å². The van der Waals surface area contributed by atoms with Gasteiger partial charge >= 0.3 is 12.0 Å². The van der Waals surface area contributed by atoms with Crippen molar-refractivity contribution in [3.63, 3.8) is 0 Å². The Balaban J connectivity index is 1.55. The van der Waals surface area contributed by atoms with Gasteiger partial charge in [0.1, 0.15) is 0 Å². The number of rotatable bonds is 12. The highest BCUT2D eigenvalue weighted by molar-refractivity contribution is 6.00. The maximum atomic E-state index is 12.5. The molecule has 0 aliphatic rings. The summed E-state index contributed by atoms with van der Waals surface area (Å²) < 4.78 is 0. The molecule has 188 valence electrons. The van der Waals surface area contributed by atoms with E-state index >= 15 is 0 Å². The number of aryl methyl sites for hydroxylation is 1. The third-order valence-corrected chi connectivity index (χ3v) is 6.13. The van der Waals surface area contributed by atoms with E-state index in [1.165, 1.54) is 5.56 Å². The third-order valence-electron chi connectivity index (χ3n) is 6.13. The topological polar surface area (TPSA) is 95.5 Å². The fourth-order valence-corrected chi connectivity index (χ4v) is 4.03. The Morgan fingerprint density at radius 3 is 1.78 bits per heavy atom. The lowest BCUT2D eigenvalue weighted by atomic mass is 9.93. The summed E-state index contributed by atoms with van der Waals surface area (Å²) in [6.45, 7) is 4.08. The molecule has 6 heteroatoms. The SMILES string of the molecule is CCCCc1ccc(NC(=O)Nc2ccc(-c3ccc(C(=O)CC(CCC)C(=O)O)cc3)cc2)cc1. The number of ketones is 1. The lowest BCUT2D eigenvalue weighted by Gasteiger charge is -2.11. The molecule has 0 spiro atoms. The number of nitrogens with one attached hydrogen (secondary N) is 2. The zero-order chi connectivity index (χ0) is 25.9. The summed E-state index contributed by atoms with van der Waals surface area (Å²) in [5, 5.41) is 15.0. The van der Waals surface area contributed by atoms with Gasteiger partial charge in [-0.05, 0) is 60.2 Å². The molecular weight excluding hydrogens is 452 g/mol. The van der Waals surface area contributed by atoms with Gasteiger partial charge in [0.15, 0.2) is 5.78 Å². The van der Waals surface area contributed by atoms with Gasteiger partial charge in [-0.3, -0.25) is 9.59 Å². The van der Waals surface area contributed by atoms with Crippen LogP contribution in [0, 0.1) is 5.92 Å². The molecule has 3 rings (SSSR count). The number of carboxylic acids is 1. The van der Waals surface area contributed by atoms with Crippen molar-refractivity contribution in [1.29, 1.82) is 0 Å². The van der Waals surface area contributed by atoms with Gasteiger partial charge in [-0.2, -0.15) is 0 Å². The number of aliphatic carboxylic acids is 1. The maximum Gasteiger partial charge on any atom is 0.323 e. The molecule has 3 aromatic rings. The van der Waals surface area contributed by atoms with Crippen molar-refractivity contribution >= 4 is 29.2 Å². The summed E-state index contributed by atoms with van der Waals surface area (Å²) in [4.78, 5) is 36.2. The molecule has 0 bridgehead atoms. The van der Waals surface area contributed by atoms with E-state index in [0.717, 1.165) is 42.5 Å². The Labute approximate surface area is 212 Å². The first-order chi connectivity index (χ1) is 17.4. The van der Waals surface area contributed by atoms with Gasteiger partial charge < -0.3 is 15.7 Å². The first-order valence-corrected chi connectivity index (χ1v) is 12.5. The van der Waals surface area contributed by atoms with Crippen molar-refractivity contribution < 1.29 is 19.5 Å². The van der Waals surface area contributed by atoms with Crippen LogP contribution in [-0.2, 0) is 11.2 Å². The van der Waals surface area contributed by atoms with Crippen LogP contribution in [-0.4, -0.2) is 22.9 Å². The van der Waals surface area contributed by atoms with Crippen LogP contribution < -0.4 is 10.6 Å². The van der Waals surface area contributed by atoms with Crippen molar-refractivity contribution in [2.24, 2.45) is 5.92 Å². The first kappa shape index (κ1) is 26.7. The molecule has 1 unspecified atom stereocenters. The number of hydrogen-bond donors (Lipinski definition) is 3. The average molecular weight is 487 g/mol. The van der Waals surface area contributed by atoms with E-state index in [0.29, 0.717) is 17.7 Å². The molecule has 0 aliphatic carbocycles. The van der Waals surface area contributed by atoms with E-state index in [2.05, 4.69) is 17.6 Å². The van der Waals surface area contributed by atoms with Crippen molar-refractivity contribution in [3.8, 4) is 11.1 Å². The number of carbonyl (C=O) groups excluding carboxylic acids is 2. The zero-order valence-electron chi connectivity index (χ0n) is 20.9. The molecular formula is C30H34N2O4. The number of carboxylic acid groups (broad SMARTS) is 1. The second-order valence-electron chi connectivity index (χ2n) is 8.99. The Morgan fingerprint density at radius 1 is 0.750 bits per heavy atom. The largest absolute Gasteiger partial charge is 0.481 e. The summed E-state index contributed by atoms with van der Waals surface area (Å²) in [7, 11) is 0. The van der Waals surface area contributed by atoms with Gasteiger partial charge in [0, 0.05) is 23.4 Å². The normalized spacial score (nSPS) is 11.5. The van der Waals surface area contributed by atoms with Crippen LogP contribution in [0.2, 0.25) is 0 Å². The van der Waals surface area contributed by atoms with Crippen LogP contribution in [0.3, 0.4) is 0 Å². The van der Waals surface area contributed by atoms with Gasteiger partial charge in [0.2, 0.25) is 0 Å². The number of hydrogen-bond acceptors (Lipinski definition) is 3. The molecule has 0 saturated heterocycles. The summed E-state index contributed by atoms with van der Waals surface area (Å²) in [5.74, 6) is -1.74. The molecule has 0 fully saturated rings. The molecule has 1 atom stereocenters. The van der Waals surface area contributed by atoms with E-state index in [4.69, 9.17) is 0 Å². The van der Waals surface area contributed by atoms with Crippen LogP contribution in [0.15, 0.2) is 72.8 Å². The Kier molecular flexibility index (Phi) is 9.81. The van der Waals surface area contributed by atoms with Crippen molar-refractivity contribution in [2.45, 2.75) is 52.4 Å². The van der Waals surface area contributed by atoms with Gasteiger partial charge in [0.05, 0.1) is 5.92 Å². The fraction of sp³-hybridized carbons (Fsp3) is 0.300. The van der Waals surface area contributed by atoms with E-state index in [1.807, 2.05) is 67.6 Å². The highest BCUT2D eigenvalue weighted by atomic mass is 16.4. The fourth-order valence-electron chi connectivity index (χ4n) is 4.03. The first-order valence-electron chi connectivity index (χ1n) is 12.5. The van der Waals surface area contributed by atoms with Crippen molar-refractivity contribution in [3.05, 3.63) is 83.9 Å². The predicted molar refractivity (Wildman–Crippen MR) is 145 cm³/mol. The van der Waals surface area contributed by atoms with E-state index < -0.39 is 11.9 Å². The summed E-state index contributed by atoms with van der Waals surface area (Å²) in [6, 6.07) is 22.2. The van der Waals surface area contributed by atoms with E-state index in [-0.39, 0.29) is 18.2 Å². The molecule has 0 saturated carbocycles. The lowest BCUT2D eigenvalue weighted by molar-refractivity contribution is -0.141. The highest BCUT2D eigenvalue weighted by Crippen LogP contribution is 2.23. The predicted octanol–water partition coefficient (Wildman–Crippen LogP) is 7.41. The van der Waals surface area contributed by atoms with E-state index in [1.54, 1.807) is 12.1 Å². The second kappa shape index (κ2) is 13.2. The lowest BCUT2D eigenvalue weighted by Crippen LogP contribution is -2.19.